The van der Waals surface area contributed by atoms with Gasteiger partial charge >= 0.3 is 12.0 Å². The number of urea groups is 1. The van der Waals surface area contributed by atoms with Gasteiger partial charge in [0.1, 0.15) is 0 Å². The molecule has 1 saturated heterocycles. The van der Waals surface area contributed by atoms with E-state index >= 15 is 0 Å². The van der Waals surface area contributed by atoms with Crippen LogP contribution in [-0.2, 0) is 16.0 Å². The van der Waals surface area contributed by atoms with Crippen LogP contribution in [-0.4, -0.2) is 48.3 Å². The molecule has 2 N–H and O–H groups in total. The van der Waals surface area contributed by atoms with E-state index in [4.69, 9.17) is 9.84 Å². The van der Waals surface area contributed by atoms with Gasteiger partial charge < -0.3 is 20.1 Å². The number of rotatable bonds is 5. The van der Waals surface area contributed by atoms with Crippen LogP contribution in [0.4, 0.5) is 10.5 Å². The molecule has 114 valence electrons. The van der Waals surface area contributed by atoms with E-state index in [0.717, 1.165) is 19.4 Å². The van der Waals surface area contributed by atoms with Gasteiger partial charge in [-0.05, 0) is 30.5 Å². The zero-order valence-corrected chi connectivity index (χ0v) is 12.0. The quantitative estimate of drug-likeness (QED) is 0.869. The van der Waals surface area contributed by atoms with Gasteiger partial charge in [0.25, 0.3) is 0 Å². The third kappa shape index (κ3) is 4.75. The van der Waals surface area contributed by atoms with Gasteiger partial charge in [0, 0.05) is 25.9 Å². The molecule has 1 aliphatic heterocycles. The molecule has 0 saturated carbocycles. The highest BCUT2D eigenvalue weighted by atomic mass is 16.5. The Morgan fingerprint density at radius 1 is 1.38 bits per heavy atom. The van der Waals surface area contributed by atoms with Crippen molar-refractivity contribution in [3.63, 3.8) is 0 Å². The van der Waals surface area contributed by atoms with Crippen molar-refractivity contribution >= 4 is 17.7 Å². The molecule has 6 nitrogen and oxygen atoms in total. The molecular weight excluding hydrogens is 272 g/mol. The number of likely N-dealkylation sites (N-methyl/N-ethyl adjacent to an activating group) is 1. The minimum absolute atomic E-state index is 0.0207. The van der Waals surface area contributed by atoms with E-state index < -0.39 is 5.97 Å². The highest BCUT2D eigenvalue weighted by molar-refractivity contribution is 5.89. The van der Waals surface area contributed by atoms with Gasteiger partial charge in [-0.25, -0.2) is 4.79 Å². The number of carboxylic acid groups (broad SMARTS) is 1. The largest absolute Gasteiger partial charge is 0.481 e. The predicted molar refractivity (Wildman–Crippen MR) is 78.4 cm³/mol. The lowest BCUT2D eigenvalue weighted by Gasteiger charge is -2.21. The number of aliphatic carboxylic acids is 1. The van der Waals surface area contributed by atoms with Crippen molar-refractivity contribution < 1.29 is 19.4 Å². The van der Waals surface area contributed by atoms with Crippen LogP contribution in [0.25, 0.3) is 0 Å². The minimum Gasteiger partial charge on any atom is -0.481 e. The number of ether oxygens (including phenoxy) is 1. The standard InChI is InChI=1S/C15H20N2O4/c1-17(10-13-3-2-8-21-13)15(20)16-12-6-4-11(5-7-12)9-14(18)19/h4-7,13H,2-3,8-10H2,1H3,(H,16,20)(H,18,19). The predicted octanol–water partition coefficient (Wildman–Crippen LogP) is 1.96. The molecule has 6 heteroatoms. The summed E-state index contributed by atoms with van der Waals surface area (Å²) in [6.45, 7) is 1.34. The van der Waals surface area contributed by atoms with E-state index in [9.17, 15) is 9.59 Å². The van der Waals surface area contributed by atoms with Crippen molar-refractivity contribution in [1.29, 1.82) is 0 Å². The Bertz CT molecular complexity index is 495. The summed E-state index contributed by atoms with van der Waals surface area (Å²) < 4.78 is 5.50. The molecular formula is C15H20N2O4. The number of amides is 2. The van der Waals surface area contributed by atoms with Gasteiger partial charge in [0.2, 0.25) is 0 Å². The Morgan fingerprint density at radius 3 is 2.67 bits per heavy atom. The van der Waals surface area contributed by atoms with Gasteiger partial charge in [-0.3, -0.25) is 4.79 Å². The number of carbonyl (C=O) groups is 2. The lowest BCUT2D eigenvalue weighted by Crippen LogP contribution is -2.37. The van der Waals surface area contributed by atoms with E-state index in [0.29, 0.717) is 17.8 Å². The van der Waals surface area contributed by atoms with Gasteiger partial charge in [-0.15, -0.1) is 0 Å². The first-order chi connectivity index (χ1) is 10.0. The Morgan fingerprint density at radius 2 is 2.10 bits per heavy atom. The Kier molecular flexibility index (Phi) is 5.16. The fourth-order valence-corrected chi connectivity index (χ4v) is 2.28. The van der Waals surface area contributed by atoms with Crippen LogP contribution in [0.2, 0.25) is 0 Å². The molecule has 21 heavy (non-hydrogen) atoms. The Hall–Kier alpha value is -2.08. The average Bonchev–Trinajstić information content (AvgIpc) is 2.93. The van der Waals surface area contributed by atoms with Crippen LogP contribution in [0.15, 0.2) is 24.3 Å². The number of anilines is 1. The summed E-state index contributed by atoms with van der Waals surface area (Å²) in [7, 11) is 1.73. The molecule has 0 bridgehead atoms. The summed E-state index contributed by atoms with van der Waals surface area (Å²) in [6.07, 6.45) is 2.14. The average molecular weight is 292 g/mol. The first kappa shape index (κ1) is 15.3. The second-order valence-corrected chi connectivity index (χ2v) is 5.21. The Labute approximate surface area is 123 Å². The fraction of sp³-hybridized carbons (Fsp3) is 0.467. The first-order valence-electron chi connectivity index (χ1n) is 6.99. The van der Waals surface area contributed by atoms with Crippen LogP contribution < -0.4 is 5.32 Å². The first-order valence-corrected chi connectivity index (χ1v) is 6.99. The monoisotopic (exact) mass is 292 g/mol. The Balaban J connectivity index is 1.84. The smallest absolute Gasteiger partial charge is 0.321 e. The van der Waals surface area contributed by atoms with Crippen LogP contribution in [0.3, 0.4) is 0 Å². The second kappa shape index (κ2) is 7.08. The van der Waals surface area contributed by atoms with Crippen molar-refractivity contribution in [2.24, 2.45) is 0 Å². The van der Waals surface area contributed by atoms with Gasteiger partial charge in [0.05, 0.1) is 12.5 Å². The summed E-state index contributed by atoms with van der Waals surface area (Å²) in [5.41, 5.74) is 1.35. The summed E-state index contributed by atoms with van der Waals surface area (Å²) in [5.74, 6) is -0.872. The number of benzene rings is 1. The third-order valence-electron chi connectivity index (χ3n) is 3.41. The van der Waals surface area contributed by atoms with Crippen molar-refractivity contribution in [3.05, 3.63) is 29.8 Å². The third-order valence-corrected chi connectivity index (χ3v) is 3.41. The summed E-state index contributed by atoms with van der Waals surface area (Å²) >= 11 is 0. The molecule has 1 aromatic carbocycles. The van der Waals surface area contributed by atoms with E-state index in [1.54, 1.807) is 36.2 Å². The topological polar surface area (TPSA) is 78.9 Å². The van der Waals surface area contributed by atoms with Gasteiger partial charge in [0.15, 0.2) is 0 Å². The maximum atomic E-state index is 12.0. The summed E-state index contributed by atoms with van der Waals surface area (Å²) in [4.78, 5) is 24.2. The maximum Gasteiger partial charge on any atom is 0.321 e. The number of hydrogen-bond donors (Lipinski definition) is 2. The molecule has 1 fully saturated rings. The molecule has 1 aliphatic rings. The molecule has 2 rings (SSSR count). The molecule has 0 spiro atoms. The number of carboxylic acids is 1. The minimum atomic E-state index is -0.872. The lowest BCUT2D eigenvalue weighted by molar-refractivity contribution is -0.136. The van der Waals surface area contributed by atoms with Crippen LogP contribution in [0.5, 0.6) is 0 Å². The second-order valence-electron chi connectivity index (χ2n) is 5.21. The molecule has 0 aromatic heterocycles. The number of nitrogens with one attached hydrogen (secondary N) is 1. The summed E-state index contributed by atoms with van der Waals surface area (Å²) in [6, 6.07) is 6.61. The molecule has 0 radical (unpaired) electrons. The van der Waals surface area contributed by atoms with E-state index in [2.05, 4.69) is 5.32 Å². The maximum absolute atomic E-state index is 12.0. The van der Waals surface area contributed by atoms with Crippen molar-refractivity contribution in [2.75, 3.05) is 25.5 Å². The van der Waals surface area contributed by atoms with Crippen LogP contribution in [0, 0.1) is 0 Å². The SMILES string of the molecule is CN(CC1CCCO1)C(=O)Nc1ccc(CC(=O)O)cc1. The molecule has 1 heterocycles. The van der Waals surface area contributed by atoms with Crippen LogP contribution in [0.1, 0.15) is 18.4 Å². The van der Waals surface area contributed by atoms with E-state index in [1.807, 2.05) is 0 Å². The van der Waals surface area contributed by atoms with Crippen molar-refractivity contribution in [2.45, 2.75) is 25.4 Å². The number of carbonyl (C=O) groups excluding carboxylic acids is 1. The lowest BCUT2D eigenvalue weighted by atomic mass is 10.1. The number of hydrogen-bond acceptors (Lipinski definition) is 3. The molecule has 1 atom stereocenters. The molecule has 2 amide bonds. The highest BCUT2D eigenvalue weighted by Gasteiger charge is 2.20. The van der Waals surface area contributed by atoms with Gasteiger partial charge in [-0.2, -0.15) is 0 Å². The summed E-state index contributed by atoms with van der Waals surface area (Å²) in [5, 5.41) is 11.5. The number of nitrogens with zero attached hydrogens (tertiary/aromatic N) is 1. The highest BCUT2D eigenvalue weighted by Crippen LogP contribution is 2.14. The van der Waals surface area contributed by atoms with Crippen molar-refractivity contribution in [3.8, 4) is 0 Å². The van der Waals surface area contributed by atoms with Crippen LogP contribution >= 0.6 is 0 Å². The molecule has 1 unspecified atom stereocenters. The molecule has 0 aliphatic carbocycles. The van der Waals surface area contributed by atoms with E-state index in [1.165, 1.54) is 0 Å². The normalized spacial score (nSPS) is 17.5. The van der Waals surface area contributed by atoms with Gasteiger partial charge in [-0.1, -0.05) is 12.1 Å². The zero-order valence-electron chi connectivity index (χ0n) is 12.0. The fourth-order valence-electron chi connectivity index (χ4n) is 2.28. The molecule has 1 aromatic rings. The zero-order chi connectivity index (χ0) is 15.2. The van der Waals surface area contributed by atoms with E-state index in [-0.39, 0.29) is 18.6 Å². The van der Waals surface area contributed by atoms with Crippen molar-refractivity contribution in [1.82, 2.24) is 4.90 Å².